The Morgan fingerprint density at radius 2 is 1.79 bits per heavy atom. The minimum Gasteiger partial charge on any atom is -1.00 e. The number of unbranched alkanes of at least 4 members (excludes halogenated alkanes) is 4. The summed E-state index contributed by atoms with van der Waals surface area (Å²) in [5, 5.41) is 9.51. The molecule has 0 aromatic heterocycles. The monoisotopic (exact) mass is 425 g/mol. The number of hydrogen-bond acceptors (Lipinski definition) is 2. The van der Waals surface area contributed by atoms with Crippen LogP contribution in [0.5, 0.6) is 5.75 Å². The third-order valence-electron chi connectivity index (χ3n) is 2.54. The van der Waals surface area contributed by atoms with E-state index in [1.165, 1.54) is 32.1 Å². The van der Waals surface area contributed by atoms with Gasteiger partial charge in [-0.05, 0) is 24.5 Å². The van der Waals surface area contributed by atoms with Gasteiger partial charge in [-0.15, -0.1) is 12.6 Å². The molecule has 106 valence electrons. The first-order valence-corrected chi connectivity index (χ1v) is 7.18. The van der Waals surface area contributed by atoms with Gasteiger partial charge in [-0.2, -0.15) is 0 Å². The molecule has 3 N–H and O–H groups in total. The topological polar surface area (TPSA) is 46.2 Å². The predicted octanol–water partition coefficient (Wildman–Crippen LogP) is 3.91. The van der Waals surface area contributed by atoms with Crippen LogP contribution in [0.15, 0.2) is 24.3 Å². The summed E-state index contributed by atoms with van der Waals surface area (Å²) in [6.45, 7) is 2.23. The summed E-state index contributed by atoms with van der Waals surface area (Å²) >= 11 is 7.65. The summed E-state index contributed by atoms with van der Waals surface area (Å²) in [4.78, 5) is 0. The van der Waals surface area contributed by atoms with Crippen molar-refractivity contribution in [3.05, 3.63) is 29.8 Å². The standard InChI is InChI=1S/C13H20O.CH3NS2.Ba.2H/c1-2-3-4-5-6-9-12-10-7-8-11-13(12)14;2-1(3)4;;;/h7-8,10-11,14H,2-6,9H2,1H3;(H3,2,3,4);;;/q;;+2;2*-1. The van der Waals surface area contributed by atoms with Gasteiger partial charge in [0.05, 0.1) is 0 Å². The Bertz CT molecular complexity index is 354. The number of benzene rings is 1. The Kier molecular flexibility index (Phi) is 17.7. The van der Waals surface area contributed by atoms with E-state index in [9.17, 15) is 5.11 Å². The van der Waals surface area contributed by atoms with Crippen molar-refractivity contribution in [3.8, 4) is 5.75 Å². The minimum atomic E-state index is 0. The molecule has 1 aromatic carbocycles. The van der Waals surface area contributed by atoms with Gasteiger partial charge in [-0.1, -0.05) is 63.0 Å². The van der Waals surface area contributed by atoms with Gasteiger partial charge in [0.2, 0.25) is 0 Å². The molecule has 0 spiro atoms. The van der Waals surface area contributed by atoms with Crippen molar-refractivity contribution in [1.82, 2.24) is 0 Å². The van der Waals surface area contributed by atoms with Gasteiger partial charge in [-0.25, -0.2) is 0 Å². The maximum Gasteiger partial charge on any atom is 2.00 e. The van der Waals surface area contributed by atoms with E-state index < -0.39 is 0 Å². The minimum absolute atomic E-state index is 0. The molecular weight excluding hydrogens is 400 g/mol. The number of phenolic OH excluding ortho intramolecular Hbond substituents is 1. The molecule has 0 saturated carbocycles. The molecule has 2 nitrogen and oxygen atoms in total. The Labute approximate surface area is 171 Å². The van der Waals surface area contributed by atoms with Crippen molar-refractivity contribution in [1.29, 1.82) is 0 Å². The zero-order valence-corrected chi connectivity index (χ0v) is 17.8. The maximum atomic E-state index is 9.51. The van der Waals surface area contributed by atoms with Crippen LogP contribution in [0.3, 0.4) is 0 Å². The van der Waals surface area contributed by atoms with E-state index in [2.05, 4.69) is 31.8 Å². The molecule has 0 aliphatic carbocycles. The van der Waals surface area contributed by atoms with E-state index >= 15 is 0 Å². The molecule has 0 aliphatic rings. The number of rotatable bonds is 6. The molecule has 0 bridgehead atoms. The van der Waals surface area contributed by atoms with Crippen LogP contribution < -0.4 is 5.73 Å². The summed E-state index contributed by atoms with van der Waals surface area (Å²) in [6, 6.07) is 7.63. The number of nitrogens with two attached hydrogens (primary N) is 1. The van der Waals surface area contributed by atoms with Crippen LogP contribution in [0.4, 0.5) is 0 Å². The first-order chi connectivity index (χ1) is 8.57. The molecule has 1 rings (SSSR count). The van der Waals surface area contributed by atoms with Crippen LogP contribution in [0, 0.1) is 0 Å². The average molecular weight is 425 g/mol. The predicted molar refractivity (Wildman–Crippen MR) is 94.3 cm³/mol. The third-order valence-corrected chi connectivity index (χ3v) is 2.54. The van der Waals surface area contributed by atoms with Crippen LogP contribution in [0.25, 0.3) is 0 Å². The number of thiol groups is 1. The fraction of sp³-hybridized carbons (Fsp3) is 0.500. The van der Waals surface area contributed by atoms with Gasteiger partial charge in [0.25, 0.3) is 0 Å². The largest absolute Gasteiger partial charge is 2.00 e. The molecule has 0 amide bonds. The summed E-state index contributed by atoms with van der Waals surface area (Å²) < 4.78 is 0.194. The smallest absolute Gasteiger partial charge is 1.00 e. The van der Waals surface area contributed by atoms with E-state index in [0.29, 0.717) is 5.75 Å². The zero-order chi connectivity index (χ0) is 13.8. The number of aryl methyl sites for hydroxylation is 1. The Morgan fingerprint density at radius 1 is 1.26 bits per heavy atom. The van der Waals surface area contributed by atoms with Gasteiger partial charge in [0.1, 0.15) is 10.1 Å². The number of phenols is 1. The van der Waals surface area contributed by atoms with Gasteiger partial charge >= 0.3 is 48.9 Å². The molecule has 0 unspecified atom stereocenters. The van der Waals surface area contributed by atoms with Crippen molar-refractivity contribution >= 4 is 78.0 Å². The molecule has 0 radical (unpaired) electrons. The summed E-state index contributed by atoms with van der Waals surface area (Å²) in [7, 11) is 0. The van der Waals surface area contributed by atoms with E-state index in [-0.39, 0.29) is 56.1 Å². The molecule has 1 aromatic rings. The van der Waals surface area contributed by atoms with Crippen molar-refractivity contribution in [2.75, 3.05) is 0 Å². The van der Waals surface area contributed by atoms with Gasteiger partial charge < -0.3 is 13.7 Å². The van der Waals surface area contributed by atoms with Crippen LogP contribution in [0.2, 0.25) is 0 Å². The summed E-state index contributed by atoms with van der Waals surface area (Å²) in [5.41, 5.74) is 5.79. The average Bonchev–Trinajstić information content (AvgIpc) is 2.30. The Hall–Kier alpha value is 0.831. The molecule has 5 heteroatoms. The molecule has 0 fully saturated rings. The number of para-hydroxylation sites is 1. The summed E-state index contributed by atoms with van der Waals surface area (Å²) in [6.07, 6.45) is 7.43. The van der Waals surface area contributed by atoms with E-state index in [1.807, 2.05) is 18.2 Å². The molecule has 0 saturated heterocycles. The van der Waals surface area contributed by atoms with E-state index in [1.54, 1.807) is 6.07 Å². The van der Waals surface area contributed by atoms with Crippen molar-refractivity contribution in [2.45, 2.75) is 45.4 Å². The number of thiocarbonyl (C=S) groups is 1. The van der Waals surface area contributed by atoms with Gasteiger partial charge in [0, 0.05) is 0 Å². The van der Waals surface area contributed by atoms with Gasteiger partial charge in [0.15, 0.2) is 0 Å². The second-order valence-electron chi connectivity index (χ2n) is 4.13. The molecule has 0 atom stereocenters. The van der Waals surface area contributed by atoms with Crippen LogP contribution in [-0.2, 0) is 6.42 Å². The second kappa shape index (κ2) is 15.2. The maximum absolute atomic E-state index is 9.51. The Morgan fingerprint density at radius 3 is 2.32 bits per heavy atom. The zero-order valence-electron chi connectivity index (χ0n) is 13.6. The van der Waals surface area contributed by atoms with Gasteiger partial charge in [-0.3, -0.25) is 0 Å². The first-order valence-electron chi connectivity index (χ1n) is 6.33. The van der Waals surface area contributed by atoms with Crippen molar-refractivity contribution in [3.63, 3.8) is 0 Å². The SMILES string of the molecule is CCCCCCCc1ccccc1O.NC(=S)S.[Ba+2].[H-].[H-]. The van der Waals surface area contributed by atoms with Crippen molar-refractivity contribution < 1.29 is 7.96 Å². The first kappa shape index (κ1) is 22.1. The second-order valence-corrected chi connectivity index (χ2v) is 5.36. The van der Waals surface area contributed by atoms with E-state index in [4.69, 9.17) is 5.73 Å². The normalized spacial score (nSPS) is 8.95. The van der Waals surface area contributed by atoms with E-state index in [0.717, 1.165) is 12.0 Å². The van der Waals surface area contributed by atoms with Crippen molar-refractivity contribution in [2.24, 2.45) is 5.73 Å². The fourth-order valence-electron chi connectivity index (χ4n) is 1.64. The Balaban J connectivity index is -0.000000185. The molecule has 0 heterocycles. The molecule has 0 aliphatic heterocycles. The molecular formula is C14H25BaNOS2. The number of aromatic hydroxyl groups is 1. The van der Waals surface area contributed by atoms with Crippen LogP contribution in [-0.4, -0.2) is 58.3 Å². The molecule has 19 heavy (non-hydrogen) atoms. The quantitative estimate of drug-likeness (QED) is 0.281. The van der Waals surface area contributed by atoms with Crippen LogP contribution >= 0.6 is 24.8 Å². The van der Waals surface area contributed by atoms with Crippen LogP contribution in [0.1, 0.15) is 47.4 Å². The summed E-state index contributed by atoms with van der Waals surface area (Å²) in [5.74, 6) is 0.447. The third kappa shape index (κ3) is 15.0. The fourth-order valence-corrected chi connectivity index (χ4v) is 1.64. The number of hydrogen-bond donors (Lipinski definition) is 3.